The van der Waals surface area contributed by atoms with E-state index in [-0.39, 0.29) is 18.2 Å². The van der Waals surface area contributed by atoms with Gasteiger partial charge in [-0.3, -0.25) is 9.88 Å². The van der Waals surface area contributed by atoms with E-state index in [1.807, 2.05) is 18.2 Å². The van der Waals surface area contributed by atoms with E-state index in [0.717, 1.165) is 36.3 Å². The maximum absolute atomic E-state index is 12.9. The highest BCUT2D eigenvalue weighted by molar-refractivity contribution is 6.31. The molecule has 3 heterocycles. The Morgan fingerprint density at radius 2 is 1.91 bits per heavy atom. The van der Waals surface area contributed by atoms with Crippen molar-refractivity contribution in [1.82, 2.24) is 25.0 Å². The van der Waals surface area contributed by atoms with Crippen LogP contribution in [0.25, 0.3) is 22.4 Å². The molecule has 1 aliphatic rings. The van der Waals surface area contributed by atoms with Crippen LogP contribution >= 0.6 is 11.6 Å². The molecule has 1 aliphatic heterocycles. The monoisotopic (exact) mass is 469 g/mol. The number of nitrogens with zero attached hydrogens (tertiary/aromatic N) is 4. The summed E-state index contributed by atoms with van der Waals surface area (Å²) in [4.78, 5) is 19.3. The third-order valence-electron chi connectivity index (χ3n) is 5.49. The van der Waals surface area contributed by atoms with Gasteiger partial charge in [0, 0.05) is 60.9 Å². The zero-order valence-electron chi connectivity index (χ0n) is 19.0. The number of nitrogens with one attached hydrogen (secondary N) is 1. The number of ether oxygens (including phenoxy) is 2. The highest BCUT2D eigenvalue weighted by Gasteiger charge is 2.22. The predicted molar refractivity (Wildman–Crippen MR) is 128 cm³/mol. The lowest BCUT2D eigenvalue weighted by Crippen LogP contribution is -2.48. The van der Waals surface area contributed by atoms with Crippen LogP contribution in [-0.2, 0) is 4.74 Å². The number of hydrogen-bond donors (Lipinski definition) is 1. The van der Waals surface area contributed by atoms with Gasteiger partial charge in [0.2, 0.25) is 0 Å². The normalized spacial score (nSPS) is 18.8. The van der Waals surface area contributed by atoms with E-state index in [9.17, 15) is 4.79 Å². The molecule has 4 rings (SSSR count). The highest BCUT2D eigenvalue weighted by Crippen LogP contribution is 2.34. The second-order valence-electron chi connectivity index (χ2n) is 8.20. The minimum atomic E-state index is -0.292. The number of pyridine rings is 1. The van der Waals surface area contributed by atoms with Gasteiger partial charge in [-0.2, -0.15) is 9.78 Å². The van der Waals surface area contributed by atoms with E-state index in [1.165, 1.54) is 4.68 Å². The van der Waals surface area contributed by atoms with Crippen LogP contribution in [0.2, 0.25) is 5.02 Å². The third kappa shape index (κ3) is 5.71. The number of carbonyl (C=O) groups excluding carboxylic acids is 1. The van der Waals surface area contributed by atoms with Crippen LogP contribution in [-0.4, -0.2) is 71.2 Å². The molecule has 2 atom stereocenters. The molecule has 3 aromatic rings. The maximum Gasteiger partial charge on any atom is 0.342 e. The Morgan fingerprint density at radius 1 is 1.18 bits per heavy atom. The molecule has 0 spiro atoms. The molecule has 174 valence electrons. The Labute approximate surface area is 198 Å². The molecule has 9 heteroatoms. The zero-order valence-corrected chi connectivity index (χ0v) is 19.7. The Hall–Kier alpha value is -2.94. The van der Waals surface area contributed by atoms with Gasteiger partial charge >= 0.3 is 6.03 Å². The fourth-order valence-electron chi connectivity index (χ4n) is 4.12. The largest absolute Gasteiger partial charge is 0.497 e. The second-order valence-corrected chi connectivity index (χ2v) is 8.64. The van der Waals surface area contributed by atoms with Gasteiger partial charge in [0.15, 0.2) is 0 Å². The Kier molecular flexibility index (Phi) is 7.27. The molecule has 2 unspecified atom stereocenters. The standard InChI is InChI=1S/C24H28ClN5O3/c1-16-13-29(14-17(2)33-16)9-8-27-24(31)30-15-22(18-4-6-26-7-5-18)23(28-30)19-10-20(25)12-21(11-19)32-3/h4-7,10-12,15-17H,8-9,13-14H2,1-3H3,(H,27,31). The van der Waals surface area contributed by atoms with Crippen LogP contribution < -0.4 is 10.1 Å². The lowest BCUT2D eigenvalue weighted by Gasteiger charge is -2.35. The van der Waals surface area contributed by atoms with Crippen molar-refractivity contribution in [2.45, 2.75) is 26.1 Å². The summed E-state index contributed by atoms with van der Waals surface area (Å²) < 4.78 is 12.5. The maximum atomic E-state index is 12.9. The van der Waals surface area contributed by atoms with Crippen LogP contribution in [0, 0.1) is 0 Å². The molecule has 1 fully saturated rings. The van der Waals surface area contributed by atoms with Gasteiger partial charge in [-0.1, -0.05) is 11.6 Å². The summed E-state index contributed by atoms with van der Waals surface area (Å²) >= 11 is 6.29. The molecule has 1 amide bonds. The fourth-order valence-corrected chi connectivity index (χ4v) is 4.35. The molecule has 1 saturated heterocycles. The molecular weight excluding hydrogens is 442 g/mol. The first-order valence-corrected chi connectivity index (χ1v) is 11.3. The summed E-state index contributed by atoms with van der Waals surface area (Å²) in [6.45, 7) is 7.11. The first kappa shape index (κ1) is 23.2. The molecule has 0 aliphatic carbocycles. The summed E-state index contributed by atoms with van der Waals surface area (Å²) in [5.41, 5.74) is 3.09. The summed E-state index contributed by atoms with van der Waals surface area (Å²) in [7, 11) is 1.58. The van der Waals surface area contributed by atoms with E-state index < -0.39 is 0 Å². The van der Waals surface area contributed by atoms with Gasteiger partial charge in [0.05, 0.1) is 19.3 Å². The van der Waals surface area contributed by atoms with Crippen molar-refractivity contribution >= 4 is 17.6 Å². The Balaban J connectivity index is 1.55. The lowest BCUT2D eigenvalue weighted by atomic mass is 10.0. The van der Waals surface area contributed by atoms with Crippen LogP contribution in [0.1, 0.15) is 13.8 Å². The first-order chi connectivity index (χ1) is 15.9. The van der Waals surface area contributed by atoms with Crippen molar-refractivity contribution in [3.05, 3.63) is 53.9 Å². The van der Waals surface area contributed by atoms with Crippen LogP contribution in [0.5, 0.6) is 5.75 Å². The molecule has 33 heavy (non-hydrogen) atoms. The highest BCUT2D eigenvalue weighted by atomic mass is 35.5. The van der Waals surface area contributed by atoms with Crippen LogP contribution in [0.3, 0.4) is 0 Å². The topological polar surface area (TPSA) is 81.5 Å². The van der Waals surface area contributed by atoms with Crippen molar-refractivity contribution in [1.29, 1.82) is 0 Å². The van der Waals surface area contributed by atoms with Crippen molar-refractivity contribution in [2.75, 3.05) is 33.3 Å². The minimum Gasteiger partial charge on any atom is -0.497 e. The van der Waals surface area contributed by atoms with Gasteiger partial charge in [-0.25, -0.2) is 4.79 Å². The number of morpholine rings is 1. The van der Waals surface area contributed by atoms with E-state index in [2.05, 4.69) is 34.1 Å². The van der Waals surface area contributed by atoms with Crippen LogP contribution in [0.15, 0.2) is 48.9 Å². The second kappa shape index (κ2) is 10.3. The van der Waals surface area contributed by atoms with E-state index in [0.29, 0.717) is 23.0 Å². The SMILES string of the molecule is COc1cc(Cl)cc(-c2nn(C(=O)NCCN3CC(C)OC(C)C3)cc2-c2ccncc2)c1. The number of halogens is 1. The number of carbonyl (C=O) groups is 1. The molecule has 8 nitrogen and oxygen atoms in total. The Bertz CT molecular complexity index is 1090. The van der Waals surface area contributed by atoms with E-state index in [4.69, 9.17) is 21.1 Å². The molecule has 0 bridgehead atoms. The average molecular weight is 470 g/mol. The van der Waals surface area contributed by atoms with E-state index >= 15 is 0 Å². The lowest BCUT2D eigenvalue weighted by molar-refractivity contribution is -0.0672. The number of amides is 1. The van der Waals surface area contributed by atoms with Crippen molar-refractivity contribution in [2.24, 2.45) is 0 Å². The van der Waals surface area contributed by atoms with Crippen molar-refractivity contribution in [3.8, 4) is 28.1 Å². The number of rotatable bonds is 6. The third-order valence-corrected chi connectivity index (χ3v) is 5.71. The quantitative estimate of drug-likeness (QED) is 0.589. The molecule has 1 N–H and O–H groups in total. The predicted octanol–water partition coefficient (Wildman–Crippen LogP) is 3.94. The van der Waals surface area contributed by atoms with Gasteiger partial charge in [-0.15, -0.1) is 0 Å². The molecule has 0 saturated carbocycles. The van der Waals surface area contributed by atoms with Gasteiger partial charge in [0.1, 0.15) is 11.4 Å². The zero-order chi connectivity index (χ0) is 23.4. The number of benzene rings is 1. The fraction of sp³-hybridized carbons (Fsp3) is 0.375. The number of methoxy groups -OCH3 is 1. The van der Waals surface area contributed by atoms with Crippen molar-refractivity contribution < 1.29 is 14.3 Å². The van der Waals surface area contributed by atoms with Gasteiger partial charge < -0.3 is 14.8 Å². The van der Waals surface area contributed by atoms with Gasteiger partial charge in [-0.05, 0) is 49.7 Å². The Morgan fingerprint density at radius 3 is 2.61 bits per heavy atom. The van der Waals surface area contributed by atoms with E-state index in [1.54, 1.807) is 37.8 Å². The first-order valence-electron chi connectivity index (χ1n) is 10.9. The molecular formula is C24H28ClN5O3. The number of hydrogen-bond acceptors (Lipinski definition) is 6. The summed E-state index contributed by atoms with van der Waals surface area (Å²) in [5, 5.41) is 8.09. The smallest absolute Gasteiger partial charge is 0.342 e. The molecule has 0 radical (unpaired) electrons. The van der Waals surface area contributed by atoms with Crippen LogP contribution in [0.4, 0.5) is 4.79 Å². The minimum absolute atomic E-state index is 0.190. The molecule has 1 aromatic carbocycles. The van der Waals surface area contributed by atoms with Crippen molar-refractivity contribution in [3.63, 3.8) is 0 Å². The van der Waals surface area contributed by atoms with Gasteiger partial charge in [0.25, 0.3) is 0 Å². The molecule has 2 aromatic heterocycles. The number of aromatic nitrogens is 3. The summed E-state index contributed by atoms with van der Waals surface area (Å²) in [5.74, 6) is 0.617. The average Bonchev–Trinajstić information content (AvgIpc) is 3.24. The summed E-state index contributed by atoms with van der Waals surface area (Å²) in [6.07, 6.45) is 5.52. The summed E-state index contributed by atoms with van der Waals surface area (Å²) in [6, 6.07) is 8.85.